The predicted molar refractivity (Wildman–Crippen MR) is 77.8 cm³/mol. The van der Waals surface area contributed by atoms with Crippen molar-refractivity contribution in [3.8, 4) is 0 Å². The van der Waals surface area contributed by atoms with Crippen LogP contribution < -0.4 is 0 Å². The van der Waals surface area contributed by atoms with Gasteiger partial charge in [0.1, 0.15) is 0 Å². The maximum Gasteiger partial charge on any atom is -0.0214 e. The summed E-state index contributed by atoms with van der Waals surface area (Å²) in [5.41, 5.74) is 1.92. The summed E-state index contributed by atoms with van der Waals surface area (Å²) >= 11 is 0. The van der Waals surface area contributed by atoms with Gasteiger partial charge in [-0.1, -0.05) is 79.9 Å². The molecule has 0 heteroatoms. The first-order chi connectivity index (χ1) is 7.24. The largest absolute Gasteiger partial charge is 0.0999 e. The average molecular weight is 226 g/mol. The molecule has 1 unspecified atom stereocenters. The fourth-order valence-corrected chi connectivity index (χ4v) is 1.32. The van der Waals surface area contributed by atoms with E-state index in [1.807, 2.05) is 0 Å². The van der Waals surface area contributed by atoms with Gasteiger partial charge in [0.05, 0.1) is 0 Å². The number of hydrogen-bond donors (Lipinski definition) is 0. The lowest BCUT2D eigenvalue weighted by Gasteiger charge is -2.23. The number of rotatable bonds is 5. The third-order valence-electron chi connectivity index (χ3n) is 4.34. The molecule has 0 spiro atoms. The molecule has 0 N–H and O–H groups in total. The van der Waals surface area contributed by atoms with Crippen molar-refractivity contribution in [3.05, 3.63) is 12.2 Å². The van der Waals surface area contributed by atoms with Crippen LogP contribution in [0.1, 0.15) is 74.7 Å². The fraction of sp³-hybridized carbons (Fsp3) is 0.875. The number of allylic oxidation sites excluding steroid dienone is 1. The van der Waals surface area contributed by atoms with Gasteiger partial charge in [-0.05, 0) is 24.2 Å². The minimum Gasteiger partial charge on any atom is -0.0999 e. The van der Waals surface area contributed by atoms with E-state index in [1.54, 1.807) is 0 Å². The summed E-state index contributed by atoms with van der Waals surface area (Å²) in [6, 6.07) is 0. The highest BCUT2D eigenvalue weighted by Crippen LogP contribution is 2.28. The van der Waals surface area contributed by atoms with E-state index in [0.29, 0.717) is 11.3 Å². The average Bonchev–Trinajstić information content (AvgIpc) is 2.27. The van der Waals surface area contributed by atoms with E-state index in [4.69, 9.17) is 0 Å². The maximum absolute atomic E-state index is 3.88. The SMILES string of the molecule is C=C(C)C(C)C(C)C.CCC(C)(CC)CC. The van der Waals surface area contributed by atoms with Crippen LogP contribution in [0, 0.1) is 17.3 Å². The monoisotopic (exact) mass is 226 g/mol. The van der Waals surface area contributed by atoms with E-state index >= 15 is 0 Å². The van der Waals surface area contributed by atoms with Crippen LogP contribution in [-0.4, -0.2) is 0 Å². The van der Waals surface area contributed by atoms with Crippen LogP contribution in [0.15, 0.2) is 12.2 Å². The molecule has 0 aromatic rings. The van der Waals surface area contributed by atoms with Gasteiger partial charge in [-0.2, -0.15) is 0 Å². The zero-order valence-electron chi connectivity index (χ0n) is 13.0. The quantitative estimate of drug-likeness (QED) is 0.498. The van der Waals surface area contributed by atoms with Crippen LogP contribution in [0.5, 0.6) is 0 Å². The molecule has 0 aliphatic carbocycles. The normalized spacial score (nSPS) is 13.1. The predicted octanol–water partition coefficient (Wildman–Crippen LogP) is 6.08. The van der Waals surface area contributed by atoms with Crippen molar-refractivity contribution in [2.45, 2.75) is 74.7 Å². The standard InChI is InChI=1S/C8H16.C8H18/c1-6(2)8(5)7(3)4;1-5-8(4,6-2)7-3/h7-8H,1H2,2-5H3;5-7H2,1-4H3. The first kappa shape index (κ1) is 18.1. The molecule has 0 amide bonds. The Kier molecular flexibility index (Phi) is 10.0. The van der Waals surface area contributed by atoms with E-state index in [2.05, 4.69) is 62.0 Å². The summed E-state index contributed by atoms with van der Waals surface area (Å²) in [6.45, 7) is 21.8. The second-order valence-electron chi connectivity index (χ2n) is 5.75. The molecule has 98 valence electrons. The van der Waals surface area contributed by atoms with Crippen LogP contribution in [-0.2, 0) is 0 Å². The zero-order valence-corrected chi connectivity index (χ0v) is 13.0. The Balaban J connectivity index is 0. The van der Waals surface area contributed by atoms with E-state index in [0.717, 1.165) is 5.92 Å². The third-order valence-corrected chi connectivity index (χ3v) is 4.34. The first-order valence-corrected chi connectivity index (χ1v) is 6.89. The van der Waals surface area contributed by atoms with Crippen LogP contribution in [0.3, 0.4) is 0 Å². The molecule has 0 nitrogen and oxygen atoms in total. The lowest BCUT2D eigenvalue weighted by atomic mass is 9.82. The van der Waals surface area contributed by atoms with Gasteiger partial charge in [-0.15, -0.1) is 0 Å². The van der Waals surface area contributed by atoms with Gasteiger partial charge in [0.25, 0.3) is 0 Å². The molecule has 0 saturated heterocycles. The van der Waals surface area contributed by atoms with Gasteiger partial charge < -0.3 is 0 Å². The summed E-state index contributed by atoms with van der Waals surface area (Å²) in [4.78, 5) is 0. The summed E-state index contributed by atoms with van der Waals surface area (Å²) in [6.07, 6.45) is 3.96. The molecule has 0 bridgehead atoms. The Hall–Kier alpha value is -0.260. The molecular formula is C16H34. The van der Waals surface area contributed by atoms with E-state index in [9.17, 15) is 0 Å². The molecule has 0 fully saturated rings. The summed E-state index contributed by atoms with van der Waals surface area (Å²) < 4.78 is 0. The highest BCUT2D eigenvalue weighted by atomic mass is 14.2. The molecule has 0 rings (SSSR count). The Morgan fingerprint density at radius 2 is 1.31 bits per heavy atom. The second kappa shape index (κ2) is 8.84. The summed E-state index contributed by atoms with van der Waals surface area (Å²) in [7, 11) is 0. The molecule has 0 heterocycles. The minimum atomic E-state index is 0.625. The van der Waals surface area contributed by atoms with Crippen molar-refractivity contribution in [1.29, 1.82) is 0 Å². The van der Waals surface area contributed by atoms with Gasteiger partial charge in [0.2, 0.25) is 0 Å². The highest BCUT2D eigenvalue weighted by Gasteiger charge is 2.15. The maximum atomic E-state index is 3.88. The minimum absolute atomic E-state index is 0.625. The van der Waals surface area contributed by atoms with Gasteiger partial charge >= 0.3 is 0 Å². The molecule has 0 aromatic heterocycles. The molecule has 0 aliphatic heterocycles. The van der Waals surface area contributed by atoms with Crippen LogP contribution >= 0.6 is 0 Å². The Morgan fingerprint density at radius 1 is 1.00 bits per heavy atom. The molecule has 0 radical (unpaired) electrons. The van der Waals surface area contributed by atoms with Crippen LogP contribution in [0.4, 0.5) is 0 Å². The smallest absolute Gasteiger partial charge is 0.0214 e. The molecule has 0 aliphatic rings. The summed E-state index contributed by atoms with van der Waals surface area (Å²) in [5, 5.41) is 0. The van der Waals surface area contributed by atoms with E-state index in [-0.39, 0.29) is 0 Å². The van der Waals surface area contributed by atoms with Gasteiger partial charge in [0.15, 0.2) is 0 Å². The first-order valence-electron chi connectivity index (χ1n) is 6.89. The second-order valence-corrected chi connectivity index (χ2v) is 5.75. The van der Waals surface area contributed by atoms with Crippen molar-refractivity contribution < 1.29 is 0 Å². The Labute approximate surface area is 105 Å². The van der Waals surface area contributed by atoms with Crippen molar-refractivity contribution in [1.82, 2.24) is 0 Å². The van der Waals surface area contributed by atoms with E-state index in [1.165, 1.54) is 24.8 Å². The molecule has 16 heavy (non-hydrogen) atoms. The van der Waals surface area contributed by atoms with Gasteiger partial charge in [-0.3, -0.25) is 0 Å². The van der Waals surface area contributed by atoms with Gasteiger partial charge in [-0.25, -0.2) is 0 Å². The molecule has 1 atom stereocenters. The fourth-order valence-electron chi connectivity index (χ4n) is 1.32. The van der Waals surface area contributed by atoms with Crippen LogP contribution in [0.2, 0.25) is 0 Å². The Bertz CT molecular complexity index is 164. The van der Waals surface area contributed by atoms with Crippen molar-refractivity contribution in [2.24, 2.45) is 17.3 Å². The summed E-state index contributed by atoms with van der Waals surface area (Å²) in [5.74, 6) is 1.42. The van der Waals surface area contributed by atoms with E-state index < -0.39 is 0 Å². The van der Waals surface area contributed by atoms with Crippen molar-refractivity contribution >= 4 is 0 Å². The third kappa shape index (κ3) is 7.96. The van der Waals surface area contributed by atoms with Crippen molar-refractivity contribution in [2.75, 3.05) is 0 Å². The highest BCUT2D eigenvalue weighted by molar-refractivity contribution is 4.94. The number of hydrogen-bond acceptors (Lipinski definition) is 0. The molecule has 0 saturated carbocycles. The lowest BCUT2D eigenvalue weighted by Crippen LogP contribution is -2.10. The van der Waals surface area contributed by atoms with Crippen molar-refractivity contribution in [3.63, 3.8) is 0 Å². The lowest BCUT2D eigenvalue weighted by molar-refractivity contribution is 0.286. The van der Waals surface area contributed by atoms with Crippen LogP contribution in [0.25, 0.3) is 0 Å². The Morgan fingerprint density at radius 3 is 1.31 bits per heavy atom. The molecular weight excluding hydrogens is 192 g/mol. The molecule has 0 aromatic carbocycles. The topological polar surface area (TPSA) is 0 Å². The zero-order chi connectivity index (χ0) is 13.4. The van der Waals surface area contributed by atoms with Gasteiger partial charge in [0, 0.05) is 0 Å².